The van der Waals surface area contributed by atoms with Crippen molar-refractivity contribution >= 4 is 5.82 Å². The number of para-hydroxylation sites is 1. The van der Waals surface area contributed by atoms with Crippen LogP contribution in [-0.2, 0) is 6.54 Å². The Morgan fingerprint density at radius 2 is 1.84 bits per heavy atom. The Balaban J connectivity index is 1.91. The highest BCUT2D eigenvalue weighted by Gasteiger charge is 2.14. The smallest absolute Gasteiger partial charge is 0.144 e. The van der Waals surface area contributed by atoms with E-state index in [4.69, 9.17) is 0 Å². The van der Waals surface area contributed by atoms with E-state index in [1.165, 1.54) is 0 Å². The predicted molar refractivity (Wildman–Crippen MR) is 98.8 cm³/mol. The number of hydrogen-bond donors (Lipinski definition) is 1. The van der Waals surface area contributed by atoms with Crippen LogP contribution in [0.5, 0.6) is 0 Å². The van der Waals surface area contributed by atoms with Crippen LogP contribution in [0.15, 0.2) is 36.4 Å². The lowest BCUT2D eigenvalue weighted by atomic mass is 10.1. The van der Waals surface area contributed by atoms with Gasteiger partial charge in [-0.2, -0.15) is 10.4 Å². The molecule has 0 radical (unpaired) electrons. The Labute approximate surface area is 148 Å². The minimum absolute atomic E-state index is 0.578. The van der Waals surface area contributed by atoms with Crippen LogP contribution in [0.4, 0.5) is 5.82 Å². The minimum Gasteiger partial charge on any atom is -0.365 e. The Morgan fingerprint density at radius 1 is 1.12 bits per heavy atom. The zero-order valence-electron chi connectivity index (χ0n) is 15.0. The van der Waals surface area contributed by atoms with Crippen LogP contribution in [0.1, 0.15) is 33.8 Å². The molecule has 0 bridgehead atoms. The van der Waals surface area contributed by atoms with E-state index in [-0.39, 0.29) is 0 Å². The number of pyridine rings is 1. The summed E-state index contributed by atoms with van der Waals surface area (Å²) in [5.74, 6) is 0.631. The third kappa shape index (κ3) is 3.24. The molecule has 0 fully saturated rings. The van der Waals surface area contributed by atoms with Gasteiger partial charge in [0.05, 0.1) is 16.9 Å². The molecule has 0 saturated carbocycles. The summed E-state index contributed by atoms with van der Waals surface area (Å²) in [6.07, 6.45) is 0. The molecule has 0 saturated heterocycles. The number of nitrogens with zero attached hydrogens (tertiary/aromatic N) is 4. The summed E-state index contributed by atoms with van der Waals surface area (Å²) in [5.41, 5.74) is 6.64. The zero-order chi connectivity index (χ0) is 18.0. The SMILES string of the molecule is Cc1cc(C)c(C#N)c(NCc2c(C)nn(-c3ccccc3)c2C)n1. The molecule has 0 amide bonds. The van der Waals surface area contributed by atoms with Crippen molar-refractivity contribution in [1.82, 2.24) is 14.8 Å². The lowest BCUT2D eigenvalue weighted by Gasteiger charge is -2.11. The van der Waals surface area contributed by atoms with Crippen molar-refractivity contribution < 1.29 is 0 Å². The molecular weight excluding hydrogens is 310 g/mol. The van der Waals surface area contributed by atoms with Gasteiger partial charge in [-0.05, 0) is 51.5 Å². The van der Waals surface area contributed by atoms with Gasteiger partial charge in [0, 0.05) is 23.5 Å². The molecule has 0 aliphatic heterocycles. The van der Waals surface area contributed by atoms with Gasteiger partial charge >= 0.3 is 0 Å². The maximum Gasteiger partial charge on any atom is 0.144 e. The maximum absolute atomic E-state index is 9.40. The first kappa shape index (κ1) is 16.7. The Kier molecular flexibility index (Phi) is 4.53. The van der Waals surface area contributed by atoms with Crippen molar-refractivity contribution in [1.29, 1.82) is 5.26 Å². The first-order valence-corrected chi connectivity index (χ1v) is 8.24. The zero-order valence-corrected chi connectivity index (χ0v) is 15.0. The predicted octanol–water partition coefficient (Wildman–Crippen LogP) is 3.98. The van der Waals surface area contributed by atoms with Crippen LogP contribution in [0.3, 0.4) is 0 Å². The molecule has 0 spiro atoms. The number of benzene rings is 1. The topological polar surface area (TPSA) is 66.5 Å². The van der Waals surface area contributed by atoms with Gasteiger partial charge in [0.15, 0.2) is 0 Å². The van der Waals surface area contributed by atoms with Gasteiger partial charge in [-0.3, -0.25) is 0 Å². The highest BCUT2D eigenvalue weighted by molar-refractivity contribution is 5.56. The summed E-state index contributed by atoms with van der Waals surface area (Å²) in [7, 11) is 0. The lowest BCUT2D eigenvalue weighted by molar-refractivity contribution is 0.832. The van der Waals surface area contributed by atoms with E-state index < -0.39 is 0 Å². The second-order valence-corrected chi connectivity index (χ2v) is 6.17. The second-order valence-electron chi connectivity index (χ2n) is 6.17. The highest BCUT2D eigenvalue weighted by atomic mass is 15.3. The average molecular weight is 331 g/mol. The lowest BCUT2D eigenvalue weighted by Crippen LogP contribution is -2.07. The molecule has 0 aliphatic carbocycles. The molecule has 25 heavy (non-hydrogen) atoms. The number of aryl methyl sites for hydroxylation is 3. The van der Waals surface area contributed by atoms with Gasteiger partial charge in [-0.25, -0.2) is 9.67 Å². The van der Waals surface area contributed by atoms with Crippen LogP contribution >= 0.6 is 0 Å². The molecule has 1 N–H and O–H groups in total. The summed E-state index contributed by atoms with van der Waals surface area (Å²) < 4.78 is 1.95. The fourth-order valence-electron chi connectivity index (χ4n) is 3.03. The molecule has 5 nitrogen and oxygen atoms in total. The summed E-state index contributed by atoms with van der Waals surface area (Å²) in [5, 5.41) is 17.4. The van der Waals surface area contributed by atoms with Crippen molar-refractivity contribution in [3.05, 3.63) is 70.2 Å². The maximum atomic E-state index is 9.40. The third-order valence-electron chi connectivity index (χ3n) is 4.33. The minimum atomic E-state index is 0.578. The molecule has 3 rings (SSSR count). The molecule has 3 aromatic rings. The molecule has 0 aliphatic rings. The van der Waals surface area contributed by atoms with Crippen LogP contribution in [-0.4, -0.2) is 14.8 Å². The Hall–Kier alpha value is -3.13. The van der Waals surface area contributed by atoms with Crippen LogP contribution in [0, 0.1) is 39.0 Å². The van der Waals surface area contributed by atoms with E-state index in [0.29, 0.717) is 17.9 Å². The first-order chi connectivity index (χ1) is 12.0. The Morgan fingerprint density at radius 3 is 2.52 bits per heavy atom. The molecule has 1 aromatic carbocycles. The van der Waals surface area contributed by atoms with E-state index in [1.807, 2.05) is 61.9 Å². The Bertz CT molecular complexity index is 948. The highest BCUT2D eigenvalue weighted by Crippen LogP contribution is 2.21. The molecule has 2 aromatic heterocycles. The van der Waals surface area contributed by atoms with Gasteiger partial charge in [0.2, 0.25) is 0 Å². The summed E-state index contributed by atoms with van der Waals surface area (Å²) in [4.78, 5) is 4.48. The number of aromatic nitrogens is 3. The van der Waals surface area contributed by atoms with Crippen molar-refractivity contribution in [3.8, 4) is 11.8 Å². The number of rotatable bonds is 4. The van der Waals surface area contributed by atoms with Gasteiger partial charge in [-0.15, -0.1) is 0 Å². The summed E-state index contributed by atoms with van der Waals surface area (Å²) >= 11 is 0. The second kappa shape index (κ2) is 6.78. The fourth-order valence-corrected chi connectivity index (χ4v) is 3.03. The van der Waals surface area contributed by atoms with E-state index in [1.54, 1.807) is 0 Å². The number of nitriles is 1. The first-order valence-electron chi connectivity index (χ1n) is 8.24. The average Bonchev–Trinajstić information content (AvgIpc) is 2.87. The molecule has 126 valence electrons. The van der Waals surface area contributed by atoms with Gasteiger partial charge in [0.25, 0.3) is 0 Å². The van der Waals surface area contributed by atoms with Crippen molar-refractivity contribution in [2.24, 2.45) is 0 Å². The van der Waals surface area contributed by atoms with Crippen molar-refractivity contribution in [3.63, 3.8) is 0 Å². The standard InChI is InChI=1S/C20H21N5/c1-13-10-14(2)23-20(18(13)11-21)22-12-19-15(3)24-25(16(19)4)17-8-6-5-7-9-17/h5-10H,12H2,1-4H3,(H,22,23). The van der Waals surface area contributed by atoms with Crippen molar-refractivity contribution in [2.45, 2.75) is 34.2 Å². The molecular formula is C20H21N5. The summed E-state index contributed by atoms with van der Waals surface area (Å²) in [6, 6.07) is 14.2. The van der Waals surface area contributed by atoms with Crippen LogP contribution in [0.2, 0.25) is 0 Å². The molecule has 0 unspecified atom stereocenters. The molecule has 0 atom stereocenters. The van der Waals surface area contributed by atoms with E-state index in [0.717, 1.165) is 33.9 Å². The third-order valence-corrected chi connectivity index (χ3v) is 4.33. The fraction of sp³-hybridized carbons (Fsp3) is 0.250. The van der Waals surface area contributed by atoms with Crippen molar-refractivity contribution in [2.75, 3.05) is 5.32 Å². The van der Waals surface area contributed by atoms with E-state index in [9.17, 15) is 5.26 Å². The largest absolute Gasteiger partial charge is 0.365 e. The van der Waals surface area contributed by atoms with Gasteiger partial charge < -0.3 is 5.32 Å². The number of anilines is 1. The summed E-state index contributed by atoms with van der Waals surface area (Å²) in [6.45, 7) is 8.51. The number of nitrogens with one attached hydrogen (secondary N) is 1. The van der Waals surface area contributed by atoms with Gasteiger partial charge in [0.1, 0.15) is 11.9 Å². The van der Waals surface area contributed by atoms with Crippen LogP contribution in [0.25, 0.3) is 5.69 Å². The monoisotopic (exact) mass is 331 g/mol. The normalized spacial score (nSPS) is 10.5. The van der Waals surface area contributed by atoms with Gasteiger partial charge in [-0.1, -0.05) is 18.2 Å². The quantitative estimate of drug-likeness (QED) is 0.785. The number of hydrogen-bond acceptors (Lipinski definition) is 4. The van der Waals surface area contributed by atoms with E-state index >= 15 is 0 Å². The molecule has 2 heterocycles. The van der Waals surface area contributed by atoms with E-state index in [2.05, 4.69) is 28.4 Å². The molecule has 5 heteroatoms. The van der Waals surface area contributed by atoms with Crippen LogP contribution < -0.4 is 5.32 Å².